The molecule has 72 valence electrons. The fourth-order valence-electron chi connectivity index (χ4n) is 1.52. The van der Waals surface area contributed by atoms with Gasteiger partial charge in [-0.2, -0.15) is 4.98 Å². The van der Waals surface area contributed by atoms with Crippen LogP contribution in [0.15, 0.2) is 29.1 Å². The van der Waals surface area contributed by atoms with Gasteiger partial charge in [0.1, 0.15) is 0 Å². The van der Waals surface area contributed by atoms with Crippen LogP contribution in [0.25, 0.3) is 10.9 Å². The van der Waals surface area contributed by atoms with Gasteiger partial charge in [0.05, 0.1) is 10.9 Å². The number of fused-ring (bicyclic) bond motifs is 1. The van der Waals surface area contributed by atoms with Crippen molar-refractivity contribution in [3.63, 3.8) is 0 Å². The molecular formula is C10H11N3O. The number of aromatic nitrogens is 2. The lowest BCUT2D eigenvalue weighted by molar-refractivity contribution is 0.909. The van der Waals surface area contributed by atoms with E-state index in [2.05, 4.69) is 10.3 Å². The molecule has 0 saturated carbocycles. The summed E-state index contributed by atoms with van der Waals surface area (Å²) >= 11 is 0. The van der Waals surface area contributed by atoms with E-state index in [9.17, 15) is 4.79 Å². The maximum atomic E-state index is 11.5. The van der Waals surface area contributed by atoms with E-state index in [1.807, 2.05) is 29.8 Å². The Bertz CT molecular complexity index is 530. The number of hydrogen-bond donors (Lipinski definition) is 1. The molecule has 14 heavy (non-hydrogen) atoms. The van der Waals surface area contributed by atoms with Gasteiger partial charge in [-0.1, -0.05) is 12.1 Å². The molecule has 0 aliphatic rings. The molecule has 1 heterocycles. The normalized spacial score (nSPS) is 10.4. The molecule has 0 radical (unpaired) electrons. The number of nitrogens with zero attached hydrogens (tertiary/aromatic N) is 2. The highest BCUT2D eigenvalue weighted by Gasteiger charge is 2.04. The predicted octanol–water partition coefficient (Wildman–Crippen LogP) is 0.975. The van der Waals surface area contributed by atoms with E-state index in [-0.39, 0.29) is 5.56 Å². The van der Waals surface area contributed by atoms with E-state index < -0.39 is 0 Å². The molecule has 0 atom stereocenters. The van der Waals surface area contributed by atoms with Crippen molar-refractivity contribution in [2.45, 2.75) is 0 Å². The molecule has 0 spiro atoms. The highest BCUT2D eigenvalue weighted by atomic mass is 16.1. The minimum Gasteiger partial charge on any atom is -0.359 e. The van der Waals surface area contributed by atoms with Crippen molar-refractivity contribution in [2.75, 3.05) is 12.4 Å². The number of hydrogen-bond acceptors (Lipinski definition) is 3. The number of nitrogens with one attached hydrogen (secondary N) is 1. The van der Waals surface area contributed by atoms with Crippen LogP contribution in [0.2, 0.25) is 0 Å². The van der Waals surface area contributed by atoms with Crippen molar-refractivity contribution in [3.8, 4) is 0 Å². The van der Waals surface area contributed by atoms with E-state index in [0.29, 0.717) is 11.3 Å². The van der Waals surface area contributed by atoms with Crippen molar-refractivity contribution >= 4 is 16.9 Å². The zero-order valence-electron chi connectivity index (χ0n) is 8.11. The molecule has 1 aromatic carbocycles. The summed E-state index contributed by atoms with van der Waals surface area (Å²) in [6.07, 6.45) is 0. The van der Waals surface area contributed by atoms with E-state index in [0.717, 1.165) is 5.52 Å². The Hall–Kier alpha value is -1.84. The Balaban J connectivity index is 2.95. The lowest BCUT2D eigenvalue weighted by atomic mass is 10.2. The van der Waals surface area contributed by atoms with Gasteiger partial charge in [-0.3, -0.25) is 4.79 Å². The standard InChI is InChI=1S/C10H11N3O/c1-11-10-12-9(14)7-5-3-4-6-8(7)13(10)2/h3-6H,1-2H3,(H,11,12,14). The summed E-state index contributed by atoms with van der Waals surface area (Å²) in [5.74, 6) is 0.578. The number of para-hydroxylation sites is 1. The third kappa shape index (κ3) is 1.16. The molecule has 1 N–H and O–H groups in total. The first-order chi connectivity index (χ1) is 6.74. The first-order valence-electron chi connectivity index (χ1n) is 4.37. The minimum absolute atomic E-state index is 0.192. The van der Waals surface area contributed by atoms with Gasteiger partial charge < -0.3 is 9.88 Å². The number of rotatable bonds is 1. The van der Waals surface area contributed by atoms with Crippen molar-refractivity contribution < 1.29 is 0 Å². The van der Waals surface area contributed by atoms with Gasteiger partial charge in [-0.25, -0.2) is 0 Å². The summed E-state index contributed by atoms with van der Waals surface area (Å²) in [5.41, 5.74) is 0.694. The fraction of sp³-hybridized carbons (Fsp3) is 0.200. The van der Waals surface area contributed by atoms with E-state index in [4.69, 9.17) is 0 Å². The molecule has 4 nitrogen and oxygen atoms in total. The molecule has 0 fully saturated rings. The van der Waals surface area contributed by atoms with Crippen LogP contribution in [0, 0.1) is 0 Å². The van der Waals surface area contributed by atoms with Gasteiger partial charge in [0.25, 0.3) is 5.56 Å². The molecule has 0 saturated heterocycles. The lowest BCUT2D eigenvalue weighted by Crippen LogP contribution is -2.15. The highest BCUT2D eigenvalue weighted by molar-refractivity contribution is 5.79. The molecule has 2 aromatic rings. The molecule has 0 amide bonds. The summed E-state index contributed by atoms with van der Waals surface area (Å²) in [7, 11) is 3.62. The number of aryl methyl sites for hydroxylation is 1. The van der Waals surface area contributed by atoms with Crippen LogP contribution < -0.4 is 10.9 Å². The van der Waals surface area contributed by atoms with Gasteiger partial charge in [-0.15, -0.1) is 0 Å². The molecule has 1 aromatic heterocycles. The van der Waals surface area contributed by atoms with Crippen molar-refractivity contribution in [1.29, 1.82) is 0 Å². The number of anilines is 1. The van der Waals surface area contributed by atoms with Crippen LogP contribution in [-0.4, -0.2) is 16.6 Å². The Morgan fingerprint density at radius 2 is 2.07 bits per heavy atom. The average molecular weight is 189 g/mol. The second kappa shape index (κ2) is 3.14. The predicted molar refractivity (Wildman–Crippen MR) is 56.5 cm³/mol. The van der Waals surface area contributed by atoms with Crippen molar-refractivity contribution in [1.82, 2.24) is 9.55 Å². The smallest absolute Gasteiger partial charge is 0.282 e. The second-order valence-electron chi connectivity index (χ2n) is 3.07. The third-order valence-electron chi connectivity index (χ3n) is 2.24. The van der Waals surface area contributed by atoms with E-state index >= 15 is 0 Å². The maximum Gasteiger partial charge on any atom is 0.282 e. The summed E-state index contributed by atoms with van der Waals surface area (Å²) < 4.78 is 1.86. The van der Waals surface area contributed by atoms with Gasteiger partial charge in [-0.05, 0) is 12.1 Å². The second-order valence-corrected chi connectivity index (χ2v) is 3.07. The SMILES string of the molecule is CNc1nc(=O)c2ccccc2n1C. The third-order valence-corrected chi connectivity index (χ3v) is 2.24. The average Bonchev–Trinajstić information content (AvgIpc) is 2.23. The lowest BCUT2D eigenvalue weighted by Gasteiger charge is -2.09. The van der Waals surface area contributed by atoms with Crippen molar-refractivity contribution in [2.24, 2.45) is 7.05 Å². The summed E-state index contributed by atoms with van der Waals surface area (Å²) in [5, 5.41) is 3.53. The van der Waals surface area contributed by atoms with Gasteiger partial charge in [0.2, 0.25) is 5.95 Å². The first kappa shape index (κ1) is 8.74. The summed E-state index contributed by atoms with van der Waals surface area (Å²) in [6, 6.07) is 7.43. The fourth-order valence-corrected chi connectivity index (χ4v) is 1.52. The Morgan fingerprint density at radius 3 is 2.79 bits per heavy atom. The van der Waals surface area contributed by atoms with Crippen molar-refractivity contribution in [3.05, 3.63) is 34.6 Å². The first-order valence-corrected chi connectivity index (χ1v) is 4.37. The zero-order valence-corrected chi connectivity index (χ0v) is 8.11. The van der Waals surface area contributed by atoms with Gasteiger partial charge in [0, 0.05) is 14.1 Å². The molecule has 0 bridgehead atoms. The Morgan fingerprint density at radius 1 is 1.36 bits per heavy atom. The van der Waals surface area contributed by atoms with E-state index in [1.165, 1.54) is 0 Å². The van der Waals surface area contributed by atoms with Crippen LogP contribution in [0.3, 0.4) is 0 Å². The maximum absolute atomic E-state index is 11.5. The van der Waals surface area contributed by atoms with Crippen LogP contribution in [0.1, 0.15) is 0 Å². The minimum atomic E-state index is -0.192. The summed E-state index contributed by atoms with van der Waals surface area (Å²) in [4.78, 5) is 15.5. The molecule has 0 aliphatic carbocycles. The molecule has 0 aliphatic heterocycles. The van der Waals surface area contributed by atoms with Gasteiger partial charge >= 0.3 is 0 Å². The largest absolute Gasteiger partial charge is 0.359 e. The molecule has 4 heteroatoms. The Kier molecular flexibility index (Phi) is 1.96. The van der Waals surface area contributed by atoms with Crippen LogP contribution in [0.4, 0.5) is 5.95 Å². The molecule has 0 unspecified atom stereocenters. The zero-order chi connectivity index (χ0) is 10.1. The Labute approximate surface area is 81.2 Å². The highest BCUT2D eigenvalue weighted by Crippen LogP contribution is 2.11. The summed E-state index contributed by atoms with van der Waals surface area (Å²) in [6.45, 7) is 0. The molecule has 2 rings (SSSR count). The topological polar surface area (TPSA) is 46.9 Å². The van der Waals surface area contributed by atoms with E-state index in [1.54, 1.807) is 13.1 Å². The number of benzene rings is 1. The monoisotopic (exact) mass is 189 g/mol. The van der Waals surface area contributed by atoms with Gasteiger partial charge in [0.15, 0.2) is 0 Å². The quantitative estimate of drug-likeness (QED) is 0.727. The van der Waals surface area contributed by atoms with Crippen LogP contribution in [0.5, 0.6) is 0 Å². The van der Waals surface area contributed by atoms with Crippen LogP contribution >= 0.6 is 0 Å². The van der Waals surface area contributed by atoms with Crippen LogP contribution in [-0.2, 0) is 7.05 Å². The molecular weight excluding hydrogens is 178 g/mol.